The lowest BCUT2D eigenvalue weighted by molar-refractivity contribution is 0.204. The zero-order chi connectivity index (χ0) is 8.27. The molecule has 0 aromatic rings. The van der Waals surface area contributed by atoms with Gasteiger partial charge in [0.15, 0.2) is 0 Å². The SMILES string of the molecule is COC1=CCC(=NN)N(C)N1. The number of rotatable bonds is 1. The molecule has 0 radical (unpaired) electrons. The summed E-state index contributed by atoms with van der Waals surface area (Å²) < 4.78 is 4.97. The molecule has 0 aromatic heterocycles. The van der Waals surface area contributed by atoms with E-state index in [4.69, 9.17) is 10.6 Å². The number of hydrazine groups is 1. The highest BCUT2D eigenvalue weighted by Gasteiger charge is 2.12. The van der Waals surface area contributed by atoms with E-state index in [2.05, 4.69) is 10.5 Å². The van der Waals surface area contributed by atoms with Crippen molar-refractivity contribution in [2.45, 2.75) is 6.42 Å². The van der Waals surface area contributed by atoms with E-state index >= 15 is 0 Å². The van der Waals surface area contributed by atoms with Crippen molar-refractivity contribution in [3.63, 3.8) is 0 Å². The fraction of sp³-hybridized carbons (Fsp3) is 0.500. The lowest BCUT2D eigenvalue weighted by Gasteiger charge is -2.26. The van der Waals surface area contributed by atoms with Crippen molar-refractivity contribution >= 4 is 5.84 Å². The quantitative estimate of drug-likeness (QED) is 0.400. The molecule has 0 atom stereocenters. The Bertz CT molecular complexity index is 199. The normalized spacial score (nSPS) is 21.1. The van der Waals surface area contributed by atoms with Gasteiger partial charge in [0.05, 0.1) is 7.11 Å². The molecule has 0 aliphatic carbocycles. The van der Waals surface area contributed by atoms with Gasteiger partial charge in [0.25, 0.3) is 0 Å². The maximum atomic E-state index is 5.12. The molecule has 1 aliphatic rings. The summed E-state index contributed by atoms with van der Waals surface area (Å²) in [6.45, 7) is 0. The molecule has 0 saturated carbocycles. The van der Waals surface area contributed by atoms with Gasteiger partial charge in [0.1, 0.15) is 5.84 Å². The van der Waals surface area contributed by atoms with E-state index in [0.717, 1.165) is 11.7 Å². The van der Waals surface area contributed by atoms with Crippen LogP contribution in [-0.4, -0.2) is 25.0 Å². The summed E-state index contributed by atoms with van der Waals surface area (Å²) in [5, 5.41) is 5.30. The number of hydrazone groups is 1. The first-order valence-electron chi connectivity index (χ1n) is 3.29. The van der Waals surface area contributed by atoms with Crippen molar-refractivity contribution in [3.8, 4) is 0 Å². The van der Waals surface area contributed by atoms with Gasteiger partial charge in [-0.3, -0.25) is 10.4 Å². The molecule has 0 spiro atoms. The predicted octanol–water partition coefficient (Wildman–Crippen LogP) is -0.413. The van der Waals surface area contributed by atoms with E-state index in [1.807, 2.05) is 13.1 Å². The van der Waals surface area contributed by atoms with Crippen molar-refractivity contribution < 1.29 is 4.74 Å². The van der Waals surface area contributed by atoms with Crippen LogP contribution in [0.1, 0.15) is 6.42 Å². The third-order valence-electron chi connectivity index (χ3n) is 1.50. The summed E-state index contributed by atoms with van der Waals surface area (Å²) in [5.74, 6) is 6.62. The molecule has 0 bridgehead atoms. The highest BCUT2D eigenvalue weighted by Crippen LogP contribution is 2.04. The Labute approximate surface area is 65.5 Å². The minimum absolute atomic E-state index is 0.698. The van der Waals surface area contributed by atoms with E-state index < -0.39 is 0 Å². The fourth-order valence-electron chi connectivity index (χ4n) is 0.865. The van der Waals surface area contributed by atoms with E-state index in [1.54, 1.807) is 12.1 Å². The number of hydrogen-bond donors (Lipinski definition) is 2. The van der Waals surface area contributed by atoms with Gasteiger partial charge in [-0.1, -0.05) is 0 Å². The van der Waals surface area contributed by atoms with Crippen LogP contribution in [0.3, 0.4) is 0 Å². The second kappa shape index (κ2) is 3.14. The van der Waals surface area contributed by atoms with Crippen LogP contribution < -0.4 is 11.3 Å². The summed E-state index contributed by atoms with van der Waals surface area (Å²) in [5.41, 5.74) is 2.93. The van der Waals surface area contributed by atoms with Gasteiger partial charge in [0.2, 0.25) is 5.88 Å². The Balaban J connectivity index is 2.66. The highest BCUT2D eigenvalue weighted by atomic mass is 16.5. The molecule has 0 fully saturated rings. The highest BCUT2D eigenvalue weighted by molar-refractivity contribution is 5.83. The Morgan fingerprint density at radius 1 is 1.82 bits per heavy atom. The Hall–Kier alpha value is -1.39. The van der Waals surface area contributed by atoms with Gasteiger partial charge in [0, 0.05) is 13.5 Å². The molecule has 5 heteroatoms. The van der Waals surface area contributed by atoms with Crippen molar-refractivity contribution in [2.75, 3.05) is 14.2 Å². The first-order valence-corrected chi connectivity index (χ1v) is 3.29. The van der Waals surface area contributed by atoms with E-state index in [-0.39, 0.29) is 0 Å². The van der Waals surface area contributed by atoms with Gasteiger partial charge in [-0.05, 0) is 6.08 Å². The Morgan fingerprint density at radius 3 is 3.00 bits per heavy atom. The minimum Gasteiger partial charge on any atom is -0.482 e. The second-order valence-corrected chi connectivity index (χ2v) is 2.19. The van der Waals surface area contributed by atoms with Gasteiger partial charge in [-0.25, -0.2) is 0 Å². The maximum Gasteiger partial charge on any atom is 0.201 e. The zero-order valence-corrected chi connectivity index (χ0v) is 6.66. The van der Waals surface area contributed by atoms with E-state index in [0.29, 0.717) is 6.42 Å². The lowest BCUT2D eigenvalue weighted by Crippen LogP contribution is -2.42. The topological polar surface area (TPSA) is 62.9 Å². The van der Waals surface area contributed by atoms with Crippen LogP contribution in [0.5, 0.6) is 0 Å². The average Bonchev–Trinajstić information content (AvgIpc) is 2.04. The average molecular weight is 156 g/mol. The van der Waals surface area contributed by atoms with Gasteiger partial charge in [-0.15, -0.1) is 0 Å². The molecule has 1 aliphatic heterocycles. The standard InChI is InChI=1S/C6H12N4O/c1-10-5(8-7)3-4-6(9-10)11-2/h4,9H,3,7H2,1-2H3. The number of hydrogen-bond acceptors (Lipinski definition) is 4. The summed E-state index contributed by atoms with van der Waals surface area (Å²) in [7, 11) is 3.44. The second-order valence-electron chi connectivity index (χ2n) is 2.19. The fourth-order valence-corrected chi connectivity index (χ4v) is 0.865. The Kier molecular flexibility index (Phi) is 2.20. The van der Waals surface area contributed by atoms with Crippen molar-refractivity contribution in [1.82, 2.24) is 10.4 Å². The Morgan fingerprint density at radius 2 is 2.55 bits per heavy atom. The smallest absolute Gasteiger partial charge is 0.201 e. The molecule has 5 nitrogen and oxygen atoms in total. The van der Waals surface area contributed by atoms with Crippen LogP contribution in [0.15, 0.2) is 17.1 Å². The first-order chi connectivity index (χ1) is 5.27. The summed E-state index contributed by atoms with van der Waals surface area (Å²) >= 11 is 0. The van der Waals surface area contributed by atoms with Gasteiger partial charge < -0.3 is 10.6 Å². The predicted molar refractivity (Wildman–Crippen MR) is 42.2 cm³/mol. The maximum absolute atomic E-state index is 5.12. The summed E-state index contributed by atoms with van der Waals surface area (Å²) in [6.07, 6.45) is 2.58. The largest absolute Gasteiger partial charge is 0.482 e. The molecular formula is C6H12N4O. The van der Waals surface area contributed by atoms with Crippen molar-refractivity contribution in [3.05, 3.63) is 12.0 Å². The van der Waals surface area contributed by atoms with Gasteiger partial charge in [-0.2, -0.15) is 5.10 Å². The number of nitrogens with two attached hydrogens (primary N) is 1. The number of nitrogens with one attached hydrogen (secondary N) is 1. The molecule has 1 heterocycles. The number of amidine groups is 1. The van der Waals surface area contributed by atoms with Gasteiger partial charge >= 0.3 is 0 Å². The van der Waals surface area contributed by atoms with Crippen LogP contribution in [-0.2, 0) is 4.74 Å². The molecule has 0 unspecified atom stereocenters. The molecule has 0 aromatic carbocycles. The van der Waals surface area contributed by atoms with Crippen LogP contribution in [0.2, 0.25) is 0 Å². The molecule has 62 valence electrons. The third kappa shape index (κ3) is 1.54. The lowest BCUT2D eigenvalue weighted by atomic mass is 10.3. The van der Waals surface area contributed by atoms with Crippen LogP contribution in [0.25, 0.3) is 0 Å². The molecule has 0 saturated heterocycles. The number of nitrogens with zero attached hydrogens (tertiary/aromatic N) is 2. The summed E-state index contributed by atoms with van der Waals surface area (Å²) in [4.78, 5) is 0. The van der Waals surface area contributed by atoms with Crippen molar-refractivity contribution in [1.29, 1.82) is 0 Å². The number of methoxy groups -OCH3 is 1. The molecule has 0 amide bonds. The minimum atomic E-state index is 0.698. The third-order valence-corrected chi connectivity index (χ3v) is 1.50. The molecule has 1 rings (SSSR count). The number of ether oxygens (including phenoxy) is 1. The molecule has 3 N–H and O–H groups in total. The van der Waals surface area contributed by atoms with Crippen LogP contribution in [0.4, 0.5) is 0 Å². The van der Waals surface area contributed by atoms with E-state index in [9.17, 15) is 0 Å². The monoisotopic (exact) mass is 156 g/mol. The molecule has 11 heavy (non-hydrogen) atoms. The van der Waals surface area contributed by atoms with Crippen LogP contribution >= 0.6 is 0 Å². The summed E-state index contributed by atoms with van der Waals surface area (Å²) in [6, 6.07) is 0. The zero-order valence-electron chi connectivity index (χ0n) is 6.66. The van der Waals surface area contributed by atoms with Crippen molar-refractivity contribution in [2.24, 2.45) is 10.9 Å². The van der Waals surface area contributed by atoms with E-state index in [1.165, 1.54) is 0 Å². The molecular weight excluding hydrogens is 144 g/mol. The van der Waals surface area contributed by atoms with Crippen LogP contribution in [0, 0.1) is 0 Å². The first kappa shape index (κ1) is 7.71.